The van der Waals surface area contributed by atoms with Crippen LogP contribution in [0.2, 0.25) is 0 Å². The molecular formula is C14H12N2O5. The summed E-state index contributed by atoms with van der Waals surface area (Å²) in [5.41, 5.74) is 2.26. The molecule has 3 aromatic rings. The molecule has 2 heterocycles. The van der Waals surface area contributed by atoms with E-state index in [2.05, 4.69) is 15.0 Å². The quantitative estimate of drug-likeness (QED) is 0.714. The van der Waals surface area contributed by atoms with Crippen molar-refractivity contribution in [3.05, 3.63) is 52.4 Å². The van der Waals surface area contributed by atoms with E-state index in [1.807, 2.05) is 0 Å². The van der Waals surface area contributed by atoms with E-state index >= 15 is 0 Å². The zero-order valence-corrected chi connectivity index (χ0v) is 11.1. The first-order valence-corrected chi connectivity index (χ1v) is 6.18. The zero-order chi connectivity index (χ0) is 14.8. The summed E-state index contributed by atoms with van der Waals surface area (Å²) < 4.78 is 14.8. The monoisotopic (exact) mass is 288 g/mol. The summed E-state index contributed by atoms with van der Waals surface area (Å²) in [6.07, 6.45) is 1.35. The van der Waals surface area contributed by atoms with Gasteiger partial charge in [0, 0.05) is 5.69 Å². The second-order valence-corrected chi connectivity index (χ2v) is 4.37. The highest BCUT2D eigenvalue weighted by Gasteiger charge is 2.10. The van der Waals surface area contributed by atoms with E-state index in [9.17, 15) is 9.59 Å². The Morgan fingerprint density at radius 3 is 3.05 bits per heavy atom. The van der Waals surface area contributed by atoms with Crippen LogP contribution >= 0.6 is 0 Å². The van der Waals surface area contributed by atoms with Crippen LogP contribution in [0.1, 0.15) is 16.1 Å². The summed E-state index contributed by atoms with van der Waals surface area (Å²) in [5.74, 6) is -0.338. The van der Waals surface area contributed by atoms with E-state index < -0.39 is 11.7 Å². The minimum Gasteiger partial charge on any atom is -0.467 e. The Balaban J connectivity index is 1.72. The van der Waals surface area contributed by atoms with Crippen LogP contribution < -0.4 is 11.1 Å². The number of methoxy groups -OCH3 is 1. The zero-order valence-electron chi connectivity index (χ0n) is 11.1. The molecule has 0 aliphatic rings. The van der Waals surface area contributed by atoms with Gasteiger partial charge in [-0.15, -0.1) is 0 Å². The number of anilines is 1. The lowest BCUT2D eigenvalue weighted by atomic mass is 10.2. The standard InChI is InChI=1S/C14H12N2O5/c1-19-13(17)8-4-10(20-7-8)6-15-9-2-3-12-11(5-9)16-14(18)21-12/h2-5,7,15H,6H2,1H3,(H,16,18). The predicted molar refractivity (Wildman–Crippen MR) is 74.2 cm³/mol. The van der Waals surface area contributed by atoms with Gasteiger partial charge in [0.05, 0.1) is 24.7 Å². The van der Waals surface area contributed by atoms with Gasteiger partial charge in [0.25, 0.3) is 0 Å². The van der Waals surface area contributed by atoms with Crippen LogP contribution in [-0.4, -0.2) is 18.1 Å². The number of benzene rings is 1. The van der Waals surface area contributed by atoms with E-state index in [1.54, 1.807) is 24.3 Å². The number of H-pyrrole nitrogens is 1. The number of aromatic amines is 1. The predicted octanol–water partition coefficient (Wildman–Crippen LogP) is 2.11. The highest BCUT2D eigenvalue weighted by atomic mass is 16.5. The van der Waals surface area contributed by atoms with Crippen molar-refractivity contribution < 1.29 is 18.4 Å². The van der Waals surface area contributed by atoms with Gasteiger partial charge in [-0.25, -0.2) is 9.59 Å². The summed E-state index contributed by atoms with van der Waals surface area (Å²) in [5, 5.41) is 3.12. The molecule has 0 amide bonds. The maximum atomic E-state index is 11.3. The Morgan fingerprint density at radius 2 is 2.24 bits per heavy atom. The van der Waals surface area contributed by atoms with Crippen LogP contribution in [-0.2, 0) is 11.3 Å². The Bertz CT molecular complexity index is 842. The fourth-order valence-corrected chi connectivity index (χ4v) is 1.95. The van der Waals surface area contributed by atoms with Crippen LogP contribution in [0.4, 0.5) is 5.69 Å². The third-order valence-corrected chi connectivity index (χ3v) is 2.96. The van der Waals surface area contributed by atoms with Crippen LogP contribution in [0.5, 0.6) is 0 Å². The van der Waals surface area contributed by atoms with Crippen LogP contribution in [0, 0.1) is 0 Å². The number of carbonyl (C=O) groups is 1. The summed E-state index contributed by atoms with van der Waals surface area (Å²) in [6.45, 7) is 0.393. The maximum Gasteiger partial charge on any atom is 0.417 e. The lowest BCUT2D eigenvalue weighted by Crippen LogP contribution is -2.00. The van der Waals surface area contributed by atoms with Crippen LogP contribution in [0.15, 0.2) is 44.2 Å². The molecule has 7 heteroatoms. The number of hydrogen-bond acceptors (Lipinski definition) is 6. The van der Waals surface area contributed by atoms with Gasteiger partial charge in [0.2, 0.25) is 0 Å². The second-order valence-electron chi connectivity index (χ2n) is 4.37. The molecule has 21 heavy (non-hydrogen) atoms. The SMILES string of the molecule is COC(=O)c1coc(CNc2ccc3oc(=O)[nH]c3c2)c1. The third-order valence-electron chi connectivity index (χ3n) is 2.96. The fraction of sp³-hybridized carbons (Fsp3) is 0.143. The number of nitrogens with one attached hydrogen (secondary N) is 2. The van der Waals surface area contributed by atoms with Gasteiger partial charge in [-0.3, -0.25) is 4.98 Å². The molecule has 0 atom stereocenters. The number of aromatic nitrogens is 1. The Morgan fingerprint density at radius 1 is 1.38 bits per heavy atom. The first-order chi connectivity index (χ1) is 10.2. The largest absolute Gasteiger partial charge is 0.467 e. The number of fused-ring (bicyclic) bond motifs is 1. The molecule has 2 aromatic heterocycles. The Kier molecular flexibility index (Phi) is 3.23. The van der Waals surface area contributed by atoms with E-state index in [0.717, 1.165) is 5.69 Å². The highest BCUT2D eigenvalue weighted by Crippen LogP contribution is 2.17. The normalized spacial score (nSPS) is 10.7. The highest BCUT2D eigenvalue weighted by molar-refractivity contribution is 5.89. The molecule has 0 spiro atoms. The van der Waals surface area contributed by atoms with Gasteiger partial charge < -0.3 is 18.9 Å². The molecule has 0 unspecified atom stereocenters. The first-order valence-electron chi connectivity index (χ1n) is 6.18. The molecule has 0 bridgehead atoms. The van der Waals surface area contributed by atoms with Crippen LogP contribution in [0.25, 0.3) is 11.1 Å². The fourth-order valence-electron chi connectivity index (χ4n) is 1.95. The third kappa shape index (κ3) is 2.66. The lowest BCUT2D eigenvalue weighted by Gasteiger charge is -2.03. The number of esters is 1. The molecule has 0 saturated heterocycles. The van der Waals surface area contributed by atoms with Gasteiger partial charge in [0.1, 0.15) is 12.0 Å². The minimum atomic E-state index is -0.490. The Labute approximate surface area is 118 Å². The summed E-state index contributed by atoms with van der Waals surface area (Å²) in [6, 6.07) is 6.84. The van der Waals surface area contributed by atoms with Crippen molar-refractivity contribution in [3.63, 3.8) is 0 Å². The van der Waals surface area contributed by atoms with Gasteiger partial charge >= 0.3 is 11.7 Å². The molecule has 0 fully saturated rings. The number of oxazole rings is 1. The van der Waals surface area contributed by atoms with E-state index in [1.165, 1.54) is 13.4 Å². The van der Waals surface area contributed by atoms with E-state index in [4.69, 9.17) is 8.83 Å². The average molecular weight is 288 g/mol. The minimum absolute atomic E-state index is 0.365. The summed E-state index contributed by atoms with van der Waals surface area (Å²) in [7, 11) is 1.31. The molecule has 3 rings (SSSR count). The second kappa shape index (κ2) is 5.20. The molecule has 2 N–H and O–H groups in total. The molecule has 0 aliphatic carbocycles. The number of carbonyl (C=O) groups excluding carboxylic acids is 1. The van der Waals surface area contributed by atoms with Crippen molar-refractivity contribution in [1.82, 2.24) is 4.98 Å². The van der Waals surface area contributed by atoms with Crippen molar-refractivity contribution in [1.29, 1.82) is 0 Å². The molecule has 7 nitrogen and oxygen atoms in total. The Hall–Kier alpha value is -2.96. The van der Waals surface area contributed by atoms with E-state index in [-0.39, 0.29) is 0 Å². The van der Waals surface area contributed by atoms with Crippen molar-refractivity contribution in [2.45, 2.75) is 6.54 Å². The lowest BCUT2D eigenvalue weighted by molar-refractivity contribution is 0.0600. The average Bonchev–Trinajstić information content (AvgIpc) is 3.09. The van der Waals surface area contributed by atoms with Crippen molar-refractivity contribution in [2.24, 2.45) is 0 Å². The van der Waals surface area contributed by atoms with Crippen LogP contribution in [0.3, 0.4) is 0 Å². The van der Waals surface area contributed by atoms with Crippen molar-refractivity contribution in [3.8, 4) is 0 Å². The smallest absolute Gasteiger partial charge is 0.417 e. The summed E-state index contributed by atoms with van der Waals surface area (Å²) >= 11 is 0. The van der Waals surface area contributed by atoms with Gasteiger partial charge in [0.15, 0.2) is 5.58 Å². The number of ether oxygens (including phenoxy) is 1. The van der Waals surface area contributed by atoms with Gasteiger partial charge in [-0.2, -0.15) is 0 Å². The topological polar surface area (TPSA) is 97.5 Å². The summed E-state index contributed by atoms with van der Waals surface area (Å²) in [4.78, 5) is 25.0. The molecule has 0 aliphatic heterocycles. The number of furan rings is 1. The van der Waals surface area contributed by atoms with Gasteiger partial charge in [-0.1, -0.05) is 0 Å². The molecular weight excluding hydrogens is 276 g/mol. The molecule has 108 valence electrons. The molecule has 0 radical (unpaired) electrons. The molecule has 0 saturated carbocycles. The van der Waals surface area contributed by atoms with Gasteiger partial charge in [-0.05, 0) is 24.3 Å². The number of rotatable bonds is 4. The van der Waals surface area contributed by atoms with Crippen molar-refractivity contribution >= 4 is 22.8 Å². The molecule has 1 aromatic carbocycles. The number of hydrogen-bond donors (Lipinski definition) is 2. The van der Waals surface area contributed by atoms with E-state index in [0.29, 0.717) is 29.0 Å². The maximum absolute atomic E-state index is 11.3. The van der Waals surface area contributed by atoms with Crippen molar-refractivity contribution in [2.75, 3.05) is 12.4 Å². The first kappa shape index (κ1) is 13.0.